The standard InChI is InChI=1S/C13H25NO2/c1-14(10-11-6-4-5-9-16-11)12-7-2-3-8-13(12)15/h11-13,15H,2-10H2,1H3. The first-order valence-electron chi connectivity index (χ1n) is 6.77. The zero-order valence-electron chi connectivity index (χ0n) is 10.4. The van der Waals surface area contributed by atoms with Gasteiger partial charge in [0.15, 0.2) is 0 Å². The molecule has 0 radical (unpaired) electrons. The number of likely N-dealkylation sites (N-methyl/N-ethyl adjacent to an activating group) is 1. The van der Waals surface area contributed by atoms with Gasteiger partial charge in [0.05, 0.1) is 12.2 Å². The lowest BCUT2D eigenvalue weighted by Gasteiger charge is -2.37. The van der Waals surface area contributed by atoms with E-state index in [2.05, 4.69) is 11.9 Å². The van der Waals surface area contributed by atoms with Gasteiger partial charge in [-0.1, -0.05) is 12.8 Å². The number of aliphatic hydroxyl groups is 1. The molecule has 3 nitrogen and oxygen atoms in total. The molecule has 0 aromatic carbocycles. The van der Waals surface area contributed by atoms with Crippen molar-refractivity contribution in [2.24, 2.45) is 0 Å². The van der Waals surface area contributed by atoms with Gasteiger partial charge in [0, 0.05) is 19.2 Å². The smallest absolute Gasteiger partial charge is 0.0702 e. The van der Waals surface area contributed by atoms with E-state index < -0.39 is 0 Å². The second-order valence-corrected chi connectivity index (χ2v) is 5.35. The number of nitrogens with zero attached hydrogens (tertiary/aromatic N) is 1. The first-order valence-corrected chi connectivity index (χ1v) is 6.77. The minimum absolute atomic E-state index is 0.123. The third kappa shape index (κ3) is 3.19. The first kappa shape index (κ1) is 12.3. The molecule has 94 valence electrons. The third-order valence-electron chi connectivity index (χ3n) is 4.03. The number of aliphatic hydroxyl groups excluding tert-OH is 1. The maximum atomic E-state index is 9.99. The maximum absolute atomic E-state index is 9.99. The summed E-state index contributed by atoms with van der Waals surface area (Å²) >= 11 is 0. The fourth-order valence-electron chi connectivity index (χ4n) is 3.01. The van der Waals surface area contributed by atoms with Crippen LogP contribution in [0.2, 0.25) is 0 Å². The summed E-state index contributed by atoms with van der Waals surface area (Å²) in [4.78, 5) is 2.32. The number of rotatable bonds is 3. The largest absolute Gasteiger partial charge is 0.391 e. The number of ether oxygens (including phenoxy) is 1. The molecule has 3 heteroatoms. The molecular weight excluding hydrogens is 202 g/mol. The van der Waals surface area contributed by atoms with E-state index in [0.29, 0.717) is 12.1 Å². The van der Waals surface area contributed by atoms with Crippen molar-refractivity contribution in [3.8, 4) is 0 Å². The zero-order chi connectivity index (χ0) is 11.4. The van der Waals surface area contributed by atoms with E-state index in [1.165, 1.54) is 32.1 Å². The Kier molecular flexibility index (Phi) is 4.62. The molecule has 1 N–H and O–H groups in total. The molecule has 0 aromatic rings. The summed E-state index contributed by atoms with van der Waals surface area (Å²) in [6, 6.07) is 0.360. The SMILES string of the molecule is CN(CC1CCCCO1)C1CCCCC1O. The Bertz CT molecular complexity index is 204. The molecule has 1 heterocycles. The van der Waals surface area contributed by atoms with Crippen LogP contribution >= 0.6 is 0 Å². The summed E-state index contributed by atoms with van der Waals surface area (Å²) in [5.74, 6) is 0. The number of hydrogen-bond acceptors (Lipinski definition) is 3. The van der Waals surface area contributed by atoms with Crippen LogP contribution in [0.3, 0.4) is 0 Å². The fourth-order valence-corrected chi connectivity index (χ4v) is 3.01. The quantitative estimate of drug-likeness (QED) is 0.798. The molecule has 1 aliphatic heterocycles. The molecule has 1 aliphatic carbocycles. The minimum Gasteiger partial charge on any atom is -0.391 e. The van der Waals surface area contributed by atoms with E-state index in [0.717, 1.165) is 26.0 Å². The highest BCUT2D eigenvalue weighted by molar-refractivity contribution is 4.83. The molecule has 1 saturated heterocycles. The highest BCUT2D eigenvalue weighted by Crippen LogP contribution is 2.23. The van der Waals surface area contributed by atoms with Gasteiger partial charge in [-0.2, -0.15) is 0 Å². The van der Waals surface area contributed by atoms with Gasteiger partial charge < -0.3 is 9.84 Å². The second kappa shape index (κ2) is 5.99. The van der Waals surface area contributed by atoms with Gasteiger partial charge in [-0.15, -0.1) is 0 Å². The fraction of sp³-hybridized carbons (Fsp3) is 1.00. The van der Waals surface area contributed by atoms with Crippen molar-refractivity contribution < 1.29 is 9.84 Å². The second-order valence-electron chi connectivity index (χ2n) is 5.35. The van der Waals surface area contributed by atoms with E-state index in [9.17, 15) is 5.11 Å². The van der Waals surface area contributed by atoms with Crippen LogP contribution in [0.4, 0.5) is 0 Å². The summed E-state index contributed by atoms with van der Waals surface area (Å²) in [6.45, 7) is 1.91. The van der Waals surface area contributed by atoms with Crippen LogP contribution in [0.5, 0.6) is 0 Å². The topological polar surface area (TPSA) is 32.7 Å². The van der Waals surface area contributed by atoms with Crippen molar-refractivity contribution in [2.75, 3.05) is 20.2 Å². The van der Waals surface area contributed by atoms with Gasteiger partial charge in [-0.05, 0) is 39.2 Å². The monoisotopic (exact) mass is 227 g/mol. The molecule has 2 aliphatic rings. The van der Waals surface area contributed by atoms with Gasteiger partial charge in [0.25, 0.3) is 0 Å². The molecule has 0 aromatic heterocycles. The summed E-state index contributed by atoms with van der Waals surface area (Å²) in [5.41, 5.74) is 0. The van der Waals surface area contributed by atoms with Crippen LogP contribution in [-0.2, 0) is 4.74 Å². The average molecular weight is 227 g/mol. The van der Waals surface area contributed by atoms with E-state index in [1.807, 2.05) is 0 Å². The van der Waals surface area contributed by atoms with E-state index in [4.69, 9.17) is 4.74 Å². The van der Waals surface area contributed by atoms with E-state index in [1.54, 1.807) is 0 Å². The Hall–Kier alpha value is -0.120. The molecule has 3 atom stereocenters. The molecule has 3 unspecified atom stereocenters. The lowest BCUT2D eigenvalue weighted by molar-refractivity contribution is -0.0313. The lowest BCUT2D eigenvalue weighted by atomic mass is 9.91. The molecule has 0 amide bonds. The normalized spacial score (nSPS) is 36.6. The van der Waals surface area contributed by atoms with Gasteiger partial charge in [-0.25, -0.2) is 0 Å². The van der Waals surface area contributed by atoms with Crippen LogP contribution in [0, 0.1) is 0 Å². The minimum atomic E-state index is -0.123. The summed E-state index contributed by atoms with van der Waals surface area (Å²) in [5, 5.41) is 9.99. The third-order valence-corrected chi connectivity index (χ3v) is 4.03. The van der Waals surface area contributed by atoms with Crippen molar-refractivity contribution in [3.05, 3.63) is 0 Å². The first-order chi connectivity index (χ1) is 7.77. The van der Waals surface area contributed by atoms with Crippen LogP contribution in [0.15, 0.2) is 0 Å². The van der Waals surface area contributed by atoms with Crippen LogP contribution < -0.4 is 0 Å². The Morgan fingerprint density at radius 2 is 1.88 bits per heavy atom. The Morgan fingerprint density at radius 1 is 1.12 bits per heavy atom. The van der Waals surface area contributed by atoms with E-state index in [-0.39, 0.29) is 6.10 Å². The summed E-state index contributed by atoms with van der Waals surface area (Å²) in [7, 11) is 2.14. The van der Waals surface area contributed by atoms with Crippen LogP contribution in [-0.4, -0.2) is 48.5 Å². The summed E-state index contributed by atoms with van der Waals surface area (Å²) < 4.78 is 5.75. The predicted molar refractivity (Wildman–Crippen MR) is 64.5 cm³/mol. The zero-order valence-corrected chi connectivity index (χ0v) is 10.4. The van der Waals surface area contributed by atoms with Crippen molar-refractivity contribution in [1.29, 1.82) is 0 Å². The lowest BCUT2D eigenvalue weighted by Crippen LogP contribution is -2.47. The van der Waals surface area contributed by atoms with Gasteiger partial charge >= 0.3 is 0 Å². The summed E-state index contributed by atoms with van der Waals surface area (Å²) in [6.07, 6.45) is 8.54. The van der Waals surface area contributed by atoms with Crippen molar-refractivity contribution in [2.45, 2.75) is 63.2 Å². The van der Waals surface area contributed by atoms with Crippen molar-refractivity contribution in [1.82, 2.24) is 4.90 Å². The molecule has 2 rings (SSSR count). The van der Waals surface area contributed by atoms with Gasteiger partial charge in [-0.3, -0.25) is 4.90 Å². The number of hydrogen-bond donors (Lipinski definition) is 1. The highest BCUT2D eigenvalue weighted by Gasteiger charge is 2.28. The Labute approximate surface area is 98.8 Å². The molecular formula is C13H25NO2. The van der Waals surface area contributed by atoms with Crippen molar-refractivity contribution >= 4 is 0 Å². The molecule has 1 saturated carbocycles. The van der Waals surface area contributed by atoms with Crippen LogP contribution in [0.25, 0.3) is 0 Å². The van der Waals surface area contributed by atoms with E-state index >= 15 is 0 Å². The van der Waals surface area contributed by atoms with Crippen molar-refractivity contribution in [3.63, 3.8) is 0 Å². The Morgan fingerprint density at radius 3 is 2.56 bits per heavy atom. The van der Waals surface area contributed by atoms with Gasteiger partial charge in [0.2, 0.25) is 0 Å². The molecule has 16 heavy (non-hydrogen) atoms. The average Bonchev–Trinajstić information content (AvgIpc) is 2.31. The highest BCUT2D eigenvalue weighted by atomic mass is 16.5. The maximum Gasteiger partial charge on any atom is 0.0702 e. The van der Waals surface area contributed by atoms with Crippen LogP contribution in [0.1, 0.15) is 44.9 Å². The molecule has 0 bridgehead atoms. The Balaban J connectivity index is 1.78. The molecule has 0 spiro atoms. The molecule has 2 fully saturated rings. The van der Waals surface area contributed by atoms with Gasteiger partial charge in [0.1, 0.15) is 0 Å². The predicted octanol–water partition coefficient (Wildman–Crippen LogP) is 1.79.